The molecule has 0 bridgehead atoms. The van der Waals surface area contributed by atoms with Crippen LogP contribution in [0.25, 0.3) is 0 Å². The van der Waals surface area contributed by atoms with E-state index < -0.39 is 12.5 Å². The van der Waals surface area contributed by atoms with E-state index in [2.05, 4.69) is 9.72 Å². The van der Waals surface area contributed by atoms with Gasteiger partial charge in [0, 0.05) is 0 Å². The van der Waals surface area contributed by atoms with Gasteiger partial charge >= 0.3 is 6.61 Å². The Labute approximate surface area is 72.3 Å². The summed E-state index contributed by atoms with van der Waals surface area (Å²) in [5.41, 5.74) is 4.88. The standard InChI is InChI=1S/C7H6F2N2O2/c8-7(9)13-4-1-2-5(6(10)12)11-3-4/h1-3,7H,(H2,10,12). The molecule has 0 aliphatic carbocycles. The van der Waals surface area contributed by atoms with Crippen LogP contribution < -0.4 is 10.5 Å². The van der Waals surface area contributed by atoms with Gasteiger partial charge in [-0.2, -0.15) is 8.78 Å². The van der Waals surface area contributed by atoms with E-state index in [1.54, 1.807) is 0 Å². The molecule has 0 aliphatic heterocycles. The molecule has 6 heteroatoms. The lowest BCUT2D eigenvalue weighted by molar-refractivity contribution is -0.0500. The number of carbonyl (C=O) groups excluding carboxylic acids is 1. The number of aromatic nitrogens is 1. The number of primary amides is 1. The van der Waals surface area contributed by atoms with Crippen LogP contribution in [0.4, 0.5) is 8.78 Å². The van der Waals surface area contributed by atoms with Gasteiger partial charge in [0.05, 0.1) is 6.20 Å². The van der Waals surface area contributed by atoms with E-state index in [1.165, 1.54) is 12.1 Å². The van der Waals surface area contributed by atoms with E-state index in [-0.39, 0.29) is 11.4 Å². The molecule has 1 heterocycles. The van der Waals surface area contributed by atoms with Crippen molar-refractivity contribution in [3.63, 3.8) is 0 Å². The number of nitrogens with zero attached hydrogens (tertiary/aromatic N) is 1. The van der Waals surface area contributed by atoms with E-state index in [0.29, 0.717) is 0 Å². The molecule has 0 saturated carbocycles. The summed E-state index contributed by atoms with van der Waals surface area (Å²) in [4.78, 5) is 14.0. The van der Waals surface area contributed by atoms with E-state index in [4.69, 9.17) is 5.73 Å². The van der Waals surface area contributed by atoms with Gasteiger partial charge in [0.15, 0.2) is 0 Å². The van der Waals surface area contributed by atoms with Crippen LogP contribution >= 0.6 is 0 Å². The maximum absolute atomic E-state index is 11.6. The first kappa shape index (κ1) is 9.37. The second-order valence-corrected chi connectivity index (χ2v) is 2.12. The fraction of sp³-hybridized carbons (Fsp3) is 0.143. The molecule has 1 amide bonds. The first-order valence-electron chi connectivity index (χ1n) is 3.30. The Hall–Kier alpha value is -1.72. The molecule has 0 saturated heterocycles. The zero-order valence-corrected chi connectivity index (χ0v) is 6.41. The highest BCUT2D eigenvalue weighted by molar-refractivity contribution is 5.90. The fourth-order valence-corrected chi connectivity index (χ4v) is 0.699. The summed E-state index contributed by atoms with van der Waals surface area (Å²) < 4.78 is 27.3. The molecule has 1 aromatic rings. The van der Waals surface area contributed by atoms with Crippen molar-refractivity contribution in [2.24, 2.45) is 5.73 Å². The van der Waals surface area contributed by atoms with Crippen molar-refractivity contribution in [2.75, 3.05) is 0 Å². The number of alkyl halides is 2. The molecule has 70 valence electrons. The SMILES string of the molecule is NC(=O)c1ccc(OC(F)F)cn1. The topological polar surface area (TPSA) is 65.2 Å². The molecule has 0 fully saturated rings. The lowest BCUT2D eigenvalue weighted by Gasteiger charge is -2.02. The molecule has 0 aromatic carbocycles. The van der Waals surface area contributed by atoms with E-state index in [9.17, 15) is 13.6 Å². The number of hydrogen-bond donors (Lipinski definition) is 1. The van der Waals surface area contributed by atoms with Gasteiger partial charge in [-0.1, -0.05) is 0 Å². The number of halogens is 2. The smallest absolute Gasteiger partial charge is 0.387 e. The summed E-state index contributed by atoms with van der Waals surface area (Å²) in [6.45, 7) is -2.90. The predicted octanol–water partition coefficient (Wildman–Crippen LogP) is 0.782. The summed E-state index contributed by atoms with van der Waals surface area (Å²) in [5, 5.41) is 0. The van der Waals surface area contributed by atoms with E-state index >= 15 is 0 Å². The minimum Gasteiger partial charge on any atom is -0.433 e. The third-order valence-electron chi connectivity index (χ3n) is 1.21. The van der Waals surface area contributed by atoms with Gasteiger partial charge in [-0.05, 0) is 12.1 Å². The van der Waals surface area contributed by atoms with Crippen molar-refractivity contribution in [3.8, 4) is 5.75 Å². The Morgan fingerprint density at radius 2 is 2.23 bits per heavy atom. The van der Waals surface area contributed by atoms with Crippen LogP contribution in [0.1, 0.15) is 10.5 Å². The Morgan fingerprint density at radius 3 is 2.62 bits per heavy atom. The van der Waals surface area contributed by atoms with Crippen LogP contribution in [0.2, 0.25) is 0 Å². The van der Waals surface area contributed by atoms with Gasteiger partial charge in [0.25, 0.3) is 5.91 Å². The second-order valence-electron chi connectivity index (χ2n) is 2.12. The van der Waals surface area contributed by atoms with Crippen molar-refractivity contribution < 1.29 is 18.3 Å². The highest BCUT2D eigenvalue weighted by Gasteiger charge is 2.05. The number of amides is 1. The number of nitrogens with two attached hydrogens (primary N) is 1. The molecular weight excluding hydrogens is 182 g/mol. The Balaban J connectivity index is 2.75. The molecule has 0 atom stereocenters. The number of hydrogen-bond acceptors (Lipinski definition) is 3. The highest BCUT2D eigenvalue weighted by Crippen LogP contribution is 2.11. The van der Waals surface area contributed by atoms with Gasteiger partial charge in [0.1, 0.15) is 11.4 Å². The summed E-state index contributed by atoms with van der Waals surface area (Å²) in [7, 11) is 0. The first-order valence-corrected chi connectivity index (χ1v) is 3.30. The normalized spacial score (nSPS) is 10.1. The molecule has 13 heavy (non-hydrogen) atoms. The molecule has 1 rings (SSSR count). The highest BCUT2D eigenvalue weighted by atomic mass is 19.3. The zero-order valence-electron chi connectivity index (χ0n) is 6.41. The molecule has 0 spiro atoms. The Kier molecular flexibility index (Phi) is 2.73. The van der Waals surface area contributed by atoms with Crippen molar-refractivity contribution in [2.45, 2.75) is 6.61 Å². The number of pyridine rings is 1. The molecule has 0 aliphatic rings. The predicted molar refractivity (Wildman–Crippen MR) is 39.4 cm³/mol. The summed E-state index contributed by atoms with van der Waals surface area (Å²) in [5.74, 6) is -0.830. The maximum atomic E-state index is 11.6. The Morgan fingerprint density at radius 1 is 1.54 bits per heavy atom. The fourth-order valence-electron chi connectivity index (χ4n) is 0.699. The van der Waals surface area contributed by atoms with E-state index in [0.717, 1.165) is 6.20 Å². The third-order valence-corrected chi connectivity index (χ3v) is 1.21. The van der Waals surface area contributed by atoms with Crippen LogP contribution in [0.3, 0.4) is 0 Å². The van der Waals surface area contributed by atoms with Crippen LogP contribution in [0, 0.1) is 0 Å². The van der Waals surface area contributed by atoms with Gasteiger partial charge in [0.2, 0.25) is 0 Å². The van der Waals surface area contributed by atoms with E-state index in [1.807, 2.05) is 0 Å². The number of ether oxygens (including phenoxy) is 1. The van der Waals surface area contributed by atoms with Crippen LogP contribution in [0.15, 0.2) is 18.3 Å². The quantitative estimate of drug-likeness (QED) is 0.762. The summed E-state index contributed by atoms with van der Waals surface area (Å²) in [6.07, 6.45) is 1.01. The third kappa shape index (κ3) is 2.66. The van der Waals surface area contributed by atoms with Gasteiger partial charge in [-0.15, -0.1) is 0 Å². The van der Waals surface area contributed by atoms with Crippen LogP contribution in [0.5, 0.6) is 5.75 Å². The molecule has 0 unspecified atom stereocenters. The largest absolute Gasteiger partial charge is 0.433 e. The minimum absolute atomic E-state index is 0.00150. The maximum Gasteiger partial charge on any atom is 0.387 e. The first-order chi connectivity index (χ1) is 6.09. The second kappa shape index (κ2) is 3.79. The average molecular weight is 188 g/mol. The molecule has 4 nitrogen and oxygen atoms in total. The Bertz CT molecular complexity index is 300. The molecule has 1 aromatic heterocycles. The minimum atomic E-state index is -2.90. The van der Waals surface area contributed by atoms with Crippen molar-refractivity contribution in [3.05, 3.63) is 24.0 Å². The van der Waals surface area contributed by atoms with Gasteiger partial charge in [-0.3, -0.25) is 4.79 Å². The molecular formula is C7H6F2N2O2. The zero-order chi connectivity index (χ0) is 9.84. The summed E-state index contributed by atoms with van der Waals surface area (Å²) >= 11 is 0. The van der Waals surface area contributed by atoms with Crippen LogP contribution in [-0.4, -0.2) is 17.5 Å². The van der Waals surface area contributed by atoms with Gasteiger partial charge < -0.3 is 10.5 Å². The van der Waals surface area contributed by atoms with Gasteiger partial charge in [-0.25, -0.2) is 4.98 Å². The number of carbonyl (C=O) groups is 1. The lowest BCUT2D eigenvalue weighted by atomic mass is 10.3. The molecule has 2 N–H and O–H groups in total. The number of rotatable bonds is 3. The monoisotopic (exact) mass is 188 g/mol. The van der Waals surface area contributed by atoms with Crippen LogP contribution in [-0.2, 0) is 0 Å². The lowest BCUT2D eigenvalue weighted by Crippen LogP contribution is -2.12. The average Bonchev–Trinajstić information content (AvgIpc) is 2.04. The van der Waals surface area contributed by atoms with Crippen molar-refractivity contribution in [1.29, 1.82) is 0 Å². The van der Waals surface area contributed by atoms with Crippen molar-refractivity contribution in [1.82, 2.24) is 4.98 Å². The van der Waals surface area contributed by atoms with Crippen molar-refractivity contribution >= 4 is 5.91 Å². The summed E-state index contributed by atoms with van der Waals surface area (Å²) in [6, 6.07) is 2.40. The molecule has 0 radical (unpaired) electrons.